The smallest absolute Gasteiger partial charge is 0.0313 e. The summed E-state index contributed by atoms with van der Waals surface area (Å²) in [7, 11) is 0. The van der Waals surface area contributed by atoms with Crippen molar-refractivity contribution in [1.82, 2.24) is 15.2 Å². The molecular weight excluding hydrogens is 222 g/mol. The van der Waals surface area contributed by atoms with E-state index in [-0.39, 0.29) is 0 Å². The highest BCUT2D eigenvalue weighted by Gasteiger charge is 2.16. The average Bonchev–Trinajstić information content (AvgIpc) is 2.39. The molecular formula is C15H25N3. The summed E-state index contributed by atoms with van der Waals surface area (Å²) in [4.78, 5) is 6.82. The van der Waals surface area contributed by atoms with E-state index < -0.39 is 0 Å². The quantitative estimate of drug-likeness (QED) is 0.864. The van der Waals surface area contributed by atoms with Crippen molar-refractivity contribution < 1.29 is 0 Å². The van der Waals surface area contributed by atoms with Gasteiger partial charge in [-0.3, -0.25) is 9.88 Å². The first-order chi connectivity index (χ1) is 8.78. The second-order valence-corrected chi connectivity index (χ2v) is 5.41. The van der Waals surface area contributed by atoms with Gasteiger partial charge in [-0.1, -0.05) is 13.0 Å². The SMILES string of the molecule is CCN(Cc1cncc(C)c1)CC1CCCNC1. The zero-order valence-electron chi connectivity index (χ0n) is 11.7. The Bertz CT molecular complexity index is 359. The highest BCUT2D eigenvalue weighted by molar-refractivity contribution is 5.16. The maximum atomic E-state index is 4.28. The number of nitrogens with one attached hydrogen (secondary N) is 1. The Morgan fingerprint density at radius 1 is 1.44 bits per heavy atom. The highest BCUT2D eigenvalue weighted by atomic mass is 15.1. The second kappa shape index (κ2) is 6.86. The van der Waals surface area contributed by atoms with Crippen LogP contribution in [0.2, 0.25) is 0 Å². The van der Waals surface area contributed by atoms with Gasteiger partial charge in [-0.05, 0) is 56.4 Å². The lowest BCUT2D eigenvalue weighted by Gasteiger charge is -2.29. The van der Waals surface area contributed by atoms with Crippen LogP contribution < -0.4 is 5.32 Å². The molecule has 2 rings (SSSR count). The maximum absolute atomic E-state index is 4.28. The van der Waals surface area contributed by atoms with Gasteiger partial charge in [0.25, 0.3) is 0 Å². The predicted molar refractivity (Wildman–Crippen MR) is 75.5 cm³/mol. The Balaban J connectivity index is 1.88. The van der Waals surface area contributed by atoms with E-state index in [0.29, 0.717) is 0 Å². The largest absolute Gasteiger partial charge is 0.316 e. The van der Waals surface area contributed by atoms with E-state index in [2.05, 4.69) is 35.1 Å². The van der Waals surface area contributed by atoms with Crippen LogP contribution in [-0.2, 0) is 6.54 Å². The summed E-state index contributed by atoms with van der Waals surface area (Å²) in [5.74, 6) is 0.816. The molecule has 1 aromatic rings. The van der Waals surface area contributed by atoms with Gasteiger partial charge in [-0.25, -0.2) is 0 Å². The molecule has 18 heavy (non-hydrogen) atoms. The number of nitrogens with zero attached hydrogens (tertiary/aromatic N) is 2. The molecule has 0 aliphatic carbocycles. The van der Waals surface area contributed by atoms with Gasteiger partial charge in [0.05, 0.1) is 0 Å². The number of aromatic nitrogens is 1. The van der Waals surface area contributed by atoms with Crippen molar-refractivity contribution in [2.45, 2.75) is 33.2 Å². The molecule has 0 bridgehead atoms. The van der Waals surface area contributed by atoms with Gasteiger partial charge in [0.1, 0.15) is 0 Å². The van der Waals surface area contributed by atoms with E-state index in [0.717, 1.165) is 19.0 Å². The van der Waals surface area contributed by atoms with Crippen LogP contribution in [-0.4, -0.2) is 36.1 Å². The molecule has 3 nitrogen and oxygen atoms in total. The summed E-state index contributed by atoms with van der Waals surface area (Å²) in [6.07, 6.45) is 6.61. The molecule has 0 amide bonds. The molecule has 1 aromatic heterocycles. The zero-order chi connectivity index (χ0) is 12.8. The van der Waals surface area contributed by atoms with E-state index in [4.69, 9.17) is 0 Å². The molecule has 0 aromatic carbocycles. The molecule has 1 atom stereocenters. The van der Waals surface area contributed by atoms with Crippen LogP contribution >= 0.6 is 0 Å². The third-order valence-corrected chi connectivity index (χ3v) is 3.70. The number of hydrogen-bond donors (Lipinski definition) is 1. The van der Waals surface area contributed by atoms with Gasteiger partial charge in [0.2, 0.25) is 0 Å². The minimum Gasteiger partial charge on any atom is -0.316 e. The van der Waals surface area contributed by atoms with Crippen molar-refractivity contribution in [2.75, 3.05) is 26.2 Å². The maximum Gasteiger partial charge on any atom is 0.0313 e. The van der Waals surface area contributed by atoms with E-state index in [1.807, 2.05) is 12.4 Å². The first-order valence-electron chi connectivity index (χ1n) is 7.11. The Kier molecular flexibility index (Phi) is 5.14. The molecule has 100 valence electrons. The van der Waals surface area contributed by atoms with Gasteiger partial charge in [-0.2, -0.15) is 0 Å². The second-order valence-electron chi connectivity index (χ2n) is 5.41. The van der Waals surface area contributed by atoms with Gasteiger partial charge >= 0.3 is 0 Å². The molecule has 1 aliphatic heterocycles. The third kappa shape index (κ3) is 4.07. The van der Waals surface area contributed by atoms with Gasteiger partial charge in [0.15, 0.2) is 0 Å². The van der Waals surface area contributed by atoms with Crippen molar-refractivity contribution in [3.8, 4) is 0 Å². The lowest BCUT2D eigenvalue weighted by molar-refractivity contribution is 0.209. The molecule has 1 fully saturated rings. The van der Waals surface area contributed by atoms with E-state index >= 15 is 0 Å². The van der Waals surface area contributed by atoms with Crippen LogP contribution in [0.15, 0.2) is 18.5 Å². The monoisotopic (exact) mass is 247 g/mol. The summed E-state index contributed by atoms with van der Waals surface area (Å²) in [5, 5.41) is 3.50. The number of hydrogen-bond acceptors (Lipinski definition) is 3. The van der Waals surface area contributed by atoms with Crippen molar-refractivity contribution in [2.24, 2.45) is 5.92 Å². The Hall–Kier alpha value is -0.930. The fourth-order valence-electron chi connectivity index (χ4n) is 2.71. The first-order valence-corrected chi connectivity index (χ1v) is 7.11. The Labute approximate surface area is 111 Å². The summed E-state index contributed by atoms with van der Waals surface area (Å²) >= 11 is 0. The van der Waals surface area contributed by atoms with E-state index in [9.17, 15) is 0 Å². The van der Waals surface area contributed by atoms with Crippen molar-refractivity contribution in [3.05, 3.63) is 29.6 Å². The van der Waals surface area contributed by atoms with Crippen molar-refractivity contribution in [1.29, 1.82) is 0 Å². The number of pyridine rings is 1. The molecule has 0 saturated carbocycles. The Morgan fingerprint density at radius 2 is 2.33 bits per heavy atom. The summed E-state index contributed by atoms with van der Waals surface area (Å²) < 4.78 is 0. The van der Waals surface area contributed by atoms with Crippen LogP contribution in [0, 0.1) is 12.8 Å². The van der Waals surface area contributed by atoms with Crippen LogP contribution in [0.4, 0.5) is 0 Å². The molecule has 1 saturated heterocycles. The van der Waals surface area contributed by atoms with E-state index in [1.54, 1.807) is 0 Å². The molecule has 1 aliphatic rings. The van der Waals surface area contributed by atoms with Crippen molar-refractivity contribution in [3.63, 3.8) is 0 Å². The minimum atomic E-state index is 0.816. The summed E-state index contributed by atoms with van der Waals surface area (Å²) in [6.45, 7) is 10.1. The standard InChI is InChI=1S/C15H25N3/c1-3-18(11-14-5-4-6-16-9-14)12-15-7-13(2)8-17-10-15/h7-8,10,14,16H,3-6,9,11-12H2,1-2H3. The van der Waals surface area contributed by atoms with Crippen LogP contribution in [0.3, 0.4) is 0 Å². The van der Waals surface area contributed by atoms with E-state index in [1.165, 1.54) is 43.6 Å². The molecule has 0 radical (unpaired) electrons. The molecule has 3 heteroatoms. The van der Waals surface area contributed by atoms with Gasteiger partial charge < -0.3 is 5.32 Å². The molecule has 1 N–H and O–H groups in total. The minimum absolute atomic E-state index is 0.816. The zero-order valence-corrected chi connectivity index (χ0v) is 11.7. The summed E-state index contributed by atoms with van der Waals surface area (Å²) in [6, 6.07) is 2.24. The number of piperidine rings is 1. The van der Waals surface area contributed by atoms with Crippen LogP contribution in [0.25, 0.3) is 0 Å². The molecule has 0 spiro atoms. The summed E-state index contributed by atoms with van der Waals surface area (Å²) in [5.41, 5.74) is 2.59. The normalized spacial score (nSPS) is 20.3. The highest BCUT2D eigenvalue weighted by Crippen LogP contribution is 2.14. The first kappa shape index (κ1) is 13.5. The third-order valence-electron chi connectivity index (χ3n) is 3.70. The molecule has 1 unspecified atom stereocenters. The fourth-order valence-corrected chi connectivity index (χ4v) is 2.71. The predicted octanol–water partition coefficient (Wildman–Crippen LogP) is 2.21. The Morgan fingerprint density at radius 3 is 3.00 bits per heavy atom. The van der Waals surface area contributed by atoms with Gasteiger partial charge in [-0.15, -0.1) is 0 Å². The van der Waals surface area contributed by atoms with Crippen LogP contribution in [0.1, 0.15) is 30.9 Å². The van der Waals surface area contributed by atoms with Crippen molar-refractivity contribution >= 4 is 0 Å². The van der Waals surface area contributed by atoms with Crippen LogP contribution in [0.5, 0.6) is 0 Å². The average molecular weight is 247 g/mol. The topological polar surface area (TPSA) is 28.2 Å². The van der Waals surface area contributed by atoms with Gasteiger partial charge in [0, 0.05) is 25.5 Å². The number of rotatable bonds is 5. The lowest BCUT2D eigenvalue weighted by Crippen LogP contribution is -2.38. The lowest BCUT2D eigenvalue weighted by atomic mass is 9.99. The number of aryl methyl sites for hydroxylation is 1. The fraction of sp³-hybridized carbons (Fsp3) is 0.667. The molecule has 2 heterocycles.